The van der Waals surface area contributed by atoms with Gasteiger partial charge < -0.3 is 9.90 Å². The highest BCUT2D eigenvalue weighted by Crippen LogP contribution is 2.34. The minimum atomic E-state index is -4.51. The van der Waals surface area contributed by atoms with E-state index in [1.165, 1.54) is 12.1 Å². The molecular weight excluding hydrogens is 209 g/mol. The number of hydrogen-bond acceptors (Lipinski definition) is 2. The number of halogens is 3. The zero-order chi connectivity index (χ0) is 11.5. The maximum atomic E-state index is 12.4. The van der Waals surface area contributed by atoms with E-state index in [0.29, 0.717) is 6.29 Å². The number of aliphatic hydroxyl groups is 1. The largest absolute Gasteiger partial charge is 0.416 e. The van der Waals surface area contributed by atoms with Crippen molar-refractivity contribution in [1.82, 2.24) is 0 Å². The lowest BCUT2D eigenvalue weighted by atomic mass is 10.0. The zero-order valence-electron chi connectivity index (χ0n) is 7.66. The Morgan fingerprint density at radius 1 is 1.33 bits per heavy atom. The van der Waals surface area contributed by atoms with Gasteiger partial charge in [0.2, 0.25) is 0 Å². The van der Waals surface area contributed by atoms with Gasteiger partial charge in [-0.1, -0.05) is 18.2 Å². The van der Waals surface area contributed by atoms with Gasteiger partial charge in [0, 0.05) is 6.42 Å². The van der Waals surface area contributed by atoms with E-state index < -0.39 is 17.8 Å². The second-order valence-electron chi connectivity index (χ2n) is 3.00. The minimum absolute atomic E-state index is 0.267. The molecule has 0 aliphatic rings. The van der Waals surface area contributed by atoms with Gasteiger partial charge in [0.15, 0.2) is 0 Å². The summed E-state index contributed by atoms with van der Waals surface area (Å²) >= 11 is 0. The molecule has 0 aliphatic heterocycles. The van der Waals surface area contributed by atoms with Crippen molar-refractivity contribution in [1.29, 1.82) is 0 Å². The lowest BCUT2D eigenvalue weighted by Gasteiger charge is -2.15. The minimum Gasteiger partial charge on any atom is -0.388 e. The Labute approximate surface area is 84.3 Å². The Hall–Kier alpha value is -1.36. The van der Waals surface area contributed by atoms with Crippen molar-refractivity contribution in [3.05, 3.63) is 35.4 Å². The molecule has 1 rings (SSSR count). The van der Waals surface area contributed by atoms with Crippen LogP contribution in [0.2, 0.25) is 0 Å². The van der Waals surface area contributed by atoms with E-state index in [-0.39, 0.29) is 12.0 Å². The van der Waals surface area contributed by atoms with Gasteiger partial charge in [-0.05, 0) is 11.6 Å². The van der Waals surface area contributed by atoms with Crippen LogP contribution in [-0.4, -0.2) is 11.4 Å². The van der Waals surface area contributed by atoms with Crippen LogP contribution in [0.25, 0.3) is 0 Å². The predicted molar refractivity (Wildman–Crippen MR) is 47.1 cm³/mol. The average Bonchev–Trinajstić information content (AvgIpc) is 2.17. The Morgan fingerprint density at radius 3 is 2.47 bits per heavy atom. The molecule has 0 aliphatic carbocycles. The van der Waals surface area contributed by atoms with Crippen molar-refractivity contribution < 1.29 is 23.1 Å². The van der Waals surface area contributed by atoms with Crippen LogP contribution in [0, 0.1) is 0 Å². The molecule has 1 atom stereocenters. The third-order valence-electron chi connectivity index (χ3n) is 1.94. The second-order valence-corrected chi connectivity index (χ2v) is 3.00. The van der Waals surface area contributed by atoms with Gasteiger partial charge in [-0.3, -0.25) is 0 Å². The van der Waals surface area contributed by atoms with Crippen molar-refractivity contribution >= 4 is 6.29 Å². The number of hydrogen-bond donors (Lipinski definition) is 1. The lowest BCUT2D eigenvalue weighted by Crippen LogP contribution is -2.12. The van der Waals surface area contributed by atoms with E-state index in [2.05, 4.69) is 0 Å². The van der Waals surface area contributed by atoms with Gasteiger partial charge in [0.1, 0.15) is 6.29 Å². The van der Waals surface area contributed by atoms with Crippen molar-refractivity contribution in [3.63, 3.8) is 0 Å². The predicted octanol–water partition coefficient (Wildman–Crippen LogP) is 2.33. The molecule has 0 heterocycles. The normalized spacial score (nSPS) is 13.6. The Kier molecular flexibility index (Phi) is 3.47. The highest BCUT2D eigenvalue weighted by Gasteiger charge is 2.34. The maximum Gasteiger partial charge on any atom is 0.416 e. The summed E-state index contributed by atoms with van der Waals surface area (Å²) in [6.45, 7) is 0. The summed E-state index contributed by atoms with van der Waals surface area (Å²) in [6.07, 6.45) is -5.87. The van der Waals surface area contributed by atoms with Gasteiger partial charge in [-0.2, -0.15) is 13.2 Å². The molecule has 0 saturated carbocycles. The first-order valence-electron chi connectivity index (χ1n) is 4.24. The monoisotopic (exact) mass is 218 g/mol. The highest BCUT2D eigenvalue weighted by molar-refractivity contribution is 5.51. The number of alkyl halides is 3. The SMILES string of the molecule is O=CCC(O)c1ccccc1C(F)(F)F. The molecule has 0 radical (unpaired) electrons. The van der Waals surface area contributed by atoms with Crippen LogP contribution in [0.15, 0.2) is 24.3 Å². The summed E-state index contributed by atoms with van der Waals surface area (Å²) in [5.74, 6) is 0. The van der Waals surface area contributed by atoms with Crippen LogP contribution in [0.3, 0.4) is 0 Å². The molecule has 1 unspecified atom stereocenters. The summed E-state index contributed by atoms with van der Waals surface area (Å²) in [6, 6.07) is 4.67. The molecule has 0 spiro atoms. The molecule has 0 saturated heterocycles. The zero-order valence-corrected chi connectivity index (χ0v) is 7.66. The molecule has 0 fully saturated rings. The van der Waals surface area contributed by atoms with Gasteiger partial charge >= 0.3 is 6.18 Å². The molecule has 1 aromatic carbocycles. The second kappa shape index (κ2) is 4.44. The van der Waals surface area contributed by atoms with Crippen LogP contribution >= 0.6 is 0 Å². The Bertz CT molecular complexity index is 347. The van der Waals surface area contributed by atoms with Crippen LogP contribution < -0.4 is 0 Å². The van der Waals surface area contributed by atoms with Crippen molar-refractivity contribution in [2.75, 3.05) is 0 Å². The van der Waals surface area contributed by atoms with Crippen LogP contribution in [-0.2, 0) is 11.0 Å². The number of carbonyl (C=O) groups is 1. The van der Waals surface area contributed by atoms with E-state index in [1.807, 2.05) is 0 Å². The molecule has 1 N–H and O–H groups in total. The fourth-order valence-corrected chi connectivity index (χ4v) is 1.26. The first kappa shape index (κ1) is 11.7. The summed E-state index contributed by atoms with van der Waals surface area (Å²) in [5, 5.41) is 9.33. The molecule has 0 amide bonds. The molecule has 15 heavy (non-hydrogen) atoms. The standard InChI is InChI=1S/C10H9F3O2/c11-10(12,13)8-4-2-1-3-7(8)9(15)5-6-14/h1-4,6,9,15H,5H2. The highest BCUT2D eigenvalue weighted by atomic mass is 19.4. The fraction of sp³-hybridized carbons (Fsp3) is 0.300. The number of benzene rings is 1. The summed E-state index contributed by atoms with van der Waals surface area (Å²) in [7, 11) is 0. The molecule has 0 aromatic heterocycles. The maximum absolute atomic E-state index is 12.4. The summed E-state index contributed by atoms with van der Waals surface area (Å²) in [5.41, 5.74) is -1.17. The van der Waals surface area contributed by atoms with Crippen LogP contribution in [0.1, 0.15) is 23.7 Å². The van der Waals surface area contributed by atoms with E-state index >= 15 is 0 Å². The summed E-state index contributed by atoms with van der Waals surface area (Å²) in [4.78, 5) is 10.1. The van der Waals surface area contributed by atoms with Crippen molar-refractivity contribution in [2.45, 2.75) is 18.7 Å². The fourth-order valence-electron chi connectivity index (χ4n) is 1.26. The van der Waals surface area contributed by atoms with Crippen molar-refractivity contribution in [3.8, 4) is 0 Å². The summed E-state index contributed by atoms with van der Waals surface area (Å²) < 4.78 is 37.3. The Balaban J connectivity index is 3.12. The van der Waals surface area contributed by atoms with E-state index in [0.717, 1.165) is 12.1 Å². The quantitative estimate of drug-likeness (QED) is 0.790. The van der Waals surface area contributed by atoms with E-state index in [4.69, 9.17) is 0 Å². The van der Waals surface area contributed by atoms with Crippen LogP contribution in [0.4, 0.5) is 13.2 Å². The van der Waals surface area contributed by atoms with Gasteiger partial charge in [0.05, 0.1) is 11.7 Å². The van der Waals surface area contributed by atoms with Gasteiger partial charge in [0.25, 0.3) is 0 Å². The first-order valence-corrected chi connectivity index (χ1v) is 4.24. The number of aldehydes is 1. The average molecular weight is 218 g/mol. The molecule has 82 valence electrons. The molecular formula is C10H9F3O2. The van der Waals surface area contributed by atoms with E-state index in [1.54, 1.807) is 0 Å². The first-order chi connectivity index (χ1) is 6.96. The molecule has 0 bridgehead atoms. The number of rotatable bonds is 3. The van der Waals surface area contributed by atoms with Gasteiger partial charge in [-0.25, -0.2) is 0 Å². The third-order valence-corrected chi connectivity index (χ3v) is 1.94. The van der Waals surface area contributed by atoms with Crippen LogP contribution in [0.5, 0.6) is 0 Å². The van der Waals surface area contributed by atoms with Crippen molar-refractivity contribution in [2.24, 2.45) is 0 Å². The van der Waals surface area contributed by atoms with Gasteiger partial charge in [-0.15, -0.1) is 0 Å². The Morgan fingerprint density at radius 2 is 1.93 bits per heavy atom. The lowest BCUT2D eigenvalue weighted by molar-refractivity contribution is -0.139. The number of carbonyl (C=O) groups excluding carboxylic acids is 1. The third kappa shape index (κ3) is 2.79. The number of aliphatic hydroxyl groups excluding tert-OH is 1. The smallest absolute Gasteiger partial charge is 0.388 e. The molecule has 5 heteroatoms. The van der Waals surface area contributed by atoms with E-state index in [9.17, 15) is 23.1 Å². The molecule has 2 nitrogen and oxygen atoms in total. The molecule has 1 aromatic rings. The topological polar surface area (TPSA) is 37.3 Å².